The Morgan fingerprint density at radius 2 is 1.84 bits per heavy atom. The predicted molar refractivity (Wildman–Crippen MR) is 133 cm³/mol. The van der Waals surface area contributed by atoms with Crippen molar-refractivity contribution in [2.24, 2.45) is 21.5 Å². The standard InChI is InChI=1S/C25H30N8O5/c26-21-30-19-15(10-32-17(34)4-5-18(32)35)28-22(27)33-11-16(25(37,38)24(19,33)31-21)29-20(36)13-2-1-3-14-12(13)6-7-23(14)8-9-23/h1-3,15-16,19,37-38H,4-11H2,(H2,27,28)(H,29,36)(H3,26,30,31)/t15-,16?,19-,24-/m0/s1. The zero-order valence-corrected chi connectivity index (χ0v) is 20.7. The summed E-state index contributed by atoms with van der Waals surface area (Å²) in [5.41, 5.74) is 13.5. The number of imide groups is 1. The monoisotopic (exact) mass is 522 g/mol. The van der Waals surface area contributed by atoms with Gasteiger partial charge in [0, 0.05) is 24.9 Å². The number of hydrogen-bond acceptors (Lipinski definition) is 11. The van der Waals surface area contributed by atoms with E-state index in [2.05, 4.69) is 26.7 Å². The zero-order chi connectivity index (χ0) is 26.6. The van der Waals surface area contributed by atoms with Crippen LogP contribution in [0.5, 0.6) is 0 Å². The van der Waals surface area contributed by atoms with Gasteiger partial charge in [0.15, 0.2) is 17.6 Å². The third-order valence-electron chi connectivity index (χ3n) is 9.33. The van der Waals surface area contributed by atoms with E-state index in [1.54, 1.807) is 6.07 Å². The molecule has 2 saturated heterocycles. The van der Waals surface area contributed by atoms with Gasteiger partial charge in [0.05, 0.1) is 12.6 Å². The highest BCUT2D eigenvalue weighted by Crippen LogP contribution is 2.57. The van der Waals surface area contributed by atoms with Gasteiger partial charge < -0.3 is 37.2 Å². The minimum absolute atomic E-state index is 0.0387. The third-order valence-corrected chi connectivity index (χ3v) is 9.33. The highest BCUT2D eigenvalue weighted by Gasteiger charge is 2.73. The van der Waals surface area contributed by atoms with Crippen molar-refractivity contribution in [3.05, 3.63) is 34.9 Å². The lowest BCUT2D eigenvalue weighted by Gasteiger charge is -2.49. The van der Waals surface area contributed by atoms with Gasteiger partial charge >= 0.3 is 0 Å². The van der Waals surface area contributed by atoms with Crippen LogP contribution in [-0.2, 0) is 21.4 Å². The fourth-order valence-corrected chi connectivity index (χ4v) is 7.22. The van der Waals surface area contributed by atoms with E-state index in [1.807, 2.05) is 6.07 Å². The molecule has 3 fully saturated rings. The molecule has 0 aromatic heterocycles. The Bertz CT molecular complexity index is 1340. The molecule has 1 unspecified atom stereocenters. The average Bonchev–Trinajstić information content (AvgIpc) is 3.18. The van der Waals surface area contributed by atoms with E-state index in [0.29, 0.717) is 5.56 Å². The molecule has 1 aromatic carbocycles. The van der Waals surface area contributed by atoms with Gasteiger partial charge in [0.2, 0.25) is 17.6 Å². The number of benzene rings is 1. The first-order valence-corrected chi connectivity index (χ1v) is 13.0. The second-order valence-electron chi connectivity index (χ2n) is 11.3. The molecule has 6 aliphatic rings. The summed E-state index contributed by atoms with van der Waals surface area (Å²) < 4.78 is 0. The molecule has 0 radical (unpaired) electrons. The molecule has 4 atom stereocenters. The first kappa shape index (κ1) is 23.4. The first-order chi connectivity index (χ1) is 18.1. The van der Waals surface area contributed by atoms with E-state index in [4.69, 9.17) is 11.5 Å². The fraction of sp³-hybridized carbons (Fsp3) is 0.560. The number of aliphatic imine (C=N–C) groups is 2. The average molecular weight is 523 g/mol. The van der Waals surface area contributed by atoms with Crippen molar-refractivity contribution in [3.63, 3.8) is 0 Å². The lowest BCUT2D eigenvalue weighted by molar-refractivity contribution is -0.230. The number of hydrogen-bond donors (Lipinski definition) is 6. The minimum Gasteiger partial charge on any atom is -0.370 e. The summed E-state index contributed by atoms with van der Waals surface area (Å²) in [6, 6.07) is 2.68. The fourth-order valence-electron chi connectivity index (χ4n) is 7.22. The van der Waals surface area contributed by atoms with E-state index in [9.17, 15) is 24.6 Å². The van der Waals surface area contributed by atoms with Crippen LogP contribution in [-0.4, -0.2) is 92.3 Å². The number of nitrogens with one attached hydrogen (secondary N) is 2. The molecule has 7 rings (SSSR count). The summed E-state index contributed by atoms with van der Waals surface area (Å²) in [6.07, 6.45) is 4.31. The maximum absolute atomic E-state index is 13.5. The van der Waals surface area contributed by atoms with Crippen LogP contribution in [0.1, 0.15) is 53.6 Å². The van der Waals surface area contributed by atoms with Gasteiger partial charge in [-0.15, -0.1) is 0 Å². The number of carbonyl (C=O) groups excluding carboxylic acids is 3. The van der Waals surface area contributed by atoms with Gasteiger partial charge in [-0.25, -0.2) is 9.98 Å². The van der Waals surface area contributed by atoms with Crippen LogP contribution in [0.4, 0.5) is 0 Å². The summed E-state index contributed by atoms with van der Waals surface area (Å²) >= 11 is 0. The molecule has 1 aromatic rings. The number of fused-ring (bicyclic) bond motifs is 2. The lowest BCUT2D eigenvalue weighted by atomic mass is 9.84. The lowest BCUT2D eigenvalue weighted by Crippen LogP contribution is -2.78. The number of nitrogens with zero attached hydrogens (tertiary/aromatic N) is 4. The SMILES string of the molecule is NC1=N[C@H]2[C@H](CN3C(=O)CCC3=O)N=C(N)N3CC(NC(=O)c4cccc5c4CCC54CC4)C(O)(O)[C@]23N1. The van der Waals surface area contributed by atoms with Crippen molar-refractivity contribution in [2.75, 3.05) is 13.1 Å². The Kier molecular flexibility index (Phi) is 4.59. The molecule has 13 heteroatoms. The van der Waals surface area contributed by atoms with Gasteiger partial charge in [-0.1, -0.05) is 12.1 Å². The number of carbonyl (C=O) groups is 3. The van der Waals surface area contributed by atoms with Gasteiger partial charge in [-0.05, 0) is 48.3 Å². The molecule has 38 heavy (non-hydrogen) atoms. The molecular weight excluding hydrogens is 492 g/mol. The molecule has 8 N–H and O–H groups in total. The maximum Gasteiger partial charge on any atom is 0.252 e. The number of nitrogens with two attached hydrogens (primary N) is 2. The van der Waals surface area contributed by atoms with Crippen LogP contribution < -0.4 is 22.1 Å². The van der Waals surface area contributed by atoms with Crippen LogP contribution in [0.2, 0.25) is 0 Å². The van der Waals surface area contributed by atoms with Gasteiger partial charge in [-0.2, -0.15) is 0 Å². The van der Waals surface area contributed by atoms with E-state index in [1.165, 1.54) is 10.5 Å². The Labute approximate surface area is 217 Å². The van der Waals surface area contributed by atoms with Crippen molar-refractivity contribution in [2.45, 2.75) is 73.5 Å². The van der Waals surface area contributed by atoms with E-state index in [0.717, 1.165) is 36.1 Å². The molecule has 200 valence electrons. The largest absolute Gasteiger partial charge is 0.370 e. The molecule has 3 amide bonds. The third kappa shape index (κ3) is 2.91. The Hall–Kier alpha value is -3.71. The molecular formula is C25H30N8O5. The van der Waals surface area contributed by atoms with E-state index < -0.39 is 35.5 Å². The molecule has 0 bridgehead atoms. The Morgan fingerprint density at radius 3 is 2.55 bits per heavy atom. The Morgan fingerprint density at radius 1 is 1.11 bits per heavy atom. The second-order valence-corrected chi connectivity index (χ2v) is 11.3. The summed E-state index contributed by atoms with van der Waals surface area (Å²) in [7, 11) is 0. The first-order valence-electron chi connectivity index (χ1n) is 13.0. The quantitative estimate of drug-likeness (QED) is 0.184. The maximum atomic E-state index is 13.5. The molecule has 2 spiro atoms. The zero-order valence-electron chi connectivity index (χ0n) is 20.7. The van der Waals surface area contributed by atoms with Crippen molar-refractivity contribution in [3.8, 4) is 0 Å². The van der Waals surface area contributed by atoms with Gasteiger partial charge in [0.1, 0.15) is 12.1 Å². The molecule has 4 heterocycles. The molecule has 2 aliphatic carbocycles. The smallest absolute Gasteiger partial charge is 0.252 e. The minimum atomic E-state index is -2.59. The van der Waals surface area contributed by atoms with Gasteiger partial charge in [-0.3, -0.25) is 19.3 Å². The molecule has 4 aliphatic heterocycles. The molecule has 1 saturated carbocycles. The highest BCUT2D eigenvalue weighted by atomic mass is 16.5. The van der Waals surface area contributed by atoms with Gasteiger partial charge in [0.25, 0.3) is 5.91 Å². The van der Waals surface area contributed by atoms with Crippen molar-refractivity contribution < 1.29 is 24.6 Å². The normalized spacial score (nSPS) is 33.5. The topological polar surface area (TPSA) is 199 Å². The molecule has 13 nitrogen and oxygen atoms in total. The highest BCUT2D eigenvalue weighted by molar-refractivity contribution is 6.02. The van der Waals surface area contributed by atoms with Crippen LogP contribution in [0.25, 0.3) is 0 Å². The van der Waals surface area contributed by atoms with Crippen LogP contribution in [0, 0.1) is 0 Å². The van der Waals surface area contributed by atoms with E-state index in [-0.39, 0.29) is 55.1 Å². The predicted octanol–water partition coefficient (Wildman–Crippen LogP) is -2.41. The van der Waals surface area contributed by atoms with Crippen molar-refractivity contribution in [1.82, 2.24) is 20.4 Å². The summed E-state index contributed by atoms with van der Waals surface area (Å²) in [5, 5.41) is 29.0. The van der Waals surface area contributed by atoms with Crippen LogP contribution in [0.3, 0.4) is 0 Å². The number of guanidine groups is 2. The van der Waals surface area contributed by atoms with Crippen molar-refractivity contribution in [1.29, 1.82) is 0 Å². The Balaban J connectivity index is 1.20. The van der Waals surface area contributed by atoms with Crippen LogP contribution >= 0.6 is 0 Å². The summed E-state index contributed by atoms with van der Waals surface area (Å²) in [4.78, 5) is 49.5. The van der Waals surface area contributed by atoms with E-state index >= 15 is 0 Å². The van der Waals surface area contributed by atoms with Crippen molar-refractivity contribution >= 4 is 29.6 Å². The number of likely N-dealkylation sites (tertiary alicyclic amines) is 1. The number of amides is 3. The van der Waals surface area contributed by atoms with Crippen LogP contribution in [0.15, 0.2) is 28.2 Å². The number of aliphatic hydroxyl groups is 2. The second kappa shape index (κ2) is 7.44. The number of rotatable bonds is 4. The summed E-state index contributed by atoms with van der Waals surface area (Å²) in [6.45, 7) is -0.199. The summed E-state index contributed by atoms with van der Waals surface area (Å²) in [5.74, 6) is -3.76.